The summed E-state index contributed by atoms with van der Waals surface area (Å²) in [6.45, 7) is 0. The van der Waals surface area contributed by atoms with E-state index in [-0.39, 0.29) is 17.9 Å². The first-order chi connectivity index (χ1) is 9.83. The number of rotatable bonds is 2. The molecule has 0 radical (unpaired) electrons. The second kappa shape index (κ2) is 4.90. The van der Waals surface area contributed by atoms with Gasteiger partial charge in [0.15, 0.2) is 5.82 Å². The van der Waals surface area contributed by atoms with Crippen LogP contribution in [0.4, 0.5) is 0 Å². The number of hydrogen-bond acceptors (Lipinski definition) is 5. The molecule has 1 aromatic heterocycles. The number of aryl methyl sites for hydroxylation is 1. The Bertz CT molecular complexity index is 627. The molecule has 3 unspecified atom stereocenters. The van der Waals surface area contributed by atoms with E-state index in [0.29, 0.717) is 0 Å². The minimum atomic E-state index is 0.143. The first-order valence-electron chi connectivity index (χ1n) is 7.07. The molecular weight excluding hydrogens is 270 g/mol. The van der Waals surface area contributed by atoms with E-state index in [0.717, 1.165) is 36.1 Å². The lowest BCUT2D eigenvalue weighted by Gasteiger charge is -2.08. The van der Waals surface area contributed by atoms with Crippen LogP contribution in [0.25, 0.3) is 0 Å². The molecule has 1 saturated heterocycles. The number of nitrogens with two attached hydrogens (primary N) is 1. The Morgan fingerprint density at radius 2 is 2.15 bits per heavy atom. The second-order valence-corrected chi connectivity index (χ2v) is 6.66. The highest BCUT2D eigenvalue weighted by Gasteiger charge is 2.33. The summed E-state index contributed by atoms with van der Waals surface area (Å²) in [6.07, 6.45) is 2.17. The summed E-state index contributed by atoms with van der Waals surface area (Å²) in [7, 11) is 0. The first-order valence-corrected chi connectivity index (χ1v) is 8.23. The minimum absolute atomic E-state index is 0.143. The van der Waals surface area contributed by atoms with Gasteiger partial charge in [0, 0.05) is 23.5 Å². The summed E-state index contributed by atoms with van der Waals surface area (Å²) in [4.78, 5) is 4.65. The van der Waals surface area contributed by atoms with Gasteiger partial charge in [-0.1, -0.05) is 29.4 Å². The molecule has 0 spiro atoms. The predicted molar refractivity (Wildman–Crippen MR) is 78.9 cm³/mol. The van der Waals surface area contributed by atoms with E-state index in [4.69, 9.17) is 10.3 Å². The first kappa shape index (κ1) is 12.4. The van der Waals surface area contributed by atoms with Crippen molar-refractivity contribution >= 4 is 11.8 Å². The van der Waals surface area contributed by atoms with Gasteiger partial charge in [0.2, 0.25) is 5.89 Å². The molecule has 1 aliphatic carbocycles. The molecule has 5 heteroatoms. The fraction of sp³-hybridized carbons (Fsp3) is 0.467. The Hall–Kier alpha value is -1.33. The van der Waals surface area contributed by atoms with E-state index in [1.165, 1.54) is 11.1 Å². The van der Waals surface area contributed by atoms with Gasteiger partial charge in [-0.15, -0.1) is 0 Å². The van der Waals surface area contributed by atoms with E-state index in [1.807, 2.05) is 11.8 Å². The van der Waals surface area contributed by atoms with Crippen LogP contribution in [0, 0.1) is 0 Å². The SMILES string of the molecule is NC1CSCC1c1nc(C2CCc3ccccc32)no1. The quantitative estimate of drug-likeness (QED) is 0.918. The molecule has 0 saturated carbocycles. The van der Waals surface area contributed by atoms with Crippen molar-refractivity contribution in [2.24, 2.45) is 5.73 Å². The average molecular weight is 287 g/mol. The van der Waals surface area contributed by atoms with Gasteiger partial charge in [-0.05, 0) is 24.0 Å². The van der Waals surface area contributed by atoms with Crippen LogP contribution in [-0.2, 0) is 6.42 Å². The molecule has 3 atom stereocenters. The van der Waals surface area contributed by atoms with Gasteiger partial charge >= 0.3 is 0 Å². The molecule has 4 rings (SSSR count). The van der Waals surface area contributed by atoms with Crippen LogP contribution in [0.15, 0.2) is 28.8 Å². The van der Waals surface area contributed by atoms with E-state index in [9.17, 15) is 0 Å². The van der Waals surface area contributed by atoms with Gasteiger partial charge in [-0.25, -0.2) is 0 Å². The van der Waals surface area contributed by atoms with E-state index >= 15 is 0 Å². The smallest absolute Gasteiger partial charge is 0.232 e. The molecular formula is C15H17N3OS. The average Bonchev–Trinajstić information content (AvgIpc) is 3.15. The second-order valence-electron chi connectivity index (χ2n) is 5.59. The van der Waals surface area contributed by atoms with Crippen LogP contribution in [0.5, 0.6) is 0 Å². The number of benzene rings is 1. The standard InChI is InChI=1S/C15H17N3OS/c16-13-8-20-7-12(13)15-17-14(18-19-15)11-6-5-9-3-1-2-4-10(9)11/h1-4,11-13H,5-8,16H2. The third-order valence-electron chi connectivity index (χ3n) is 4.34. The molecule has 1 fully saturated rings. The van der Waals surface area contributed by atoms with Crippen molar-refractivity contribution < 1.29 is 4.52 Å². The normalized spacial score (nSPS) is 28.8. The molecule has 0 bridgehead atoms. The number of thioether (sulfide) groups is 1. The maximum atomic E-state index is 6.10. The summed E-state index contributed by atoms with van der Waals surface area (Å²) in [6, 6.07) is 8.70. The van der Waals surface area contributed by atoms with E-state index in [1.54, 1.807) is 0 Å². The lowest BCUT2D eigenvalue weighted by molar-refractivity contribution is 0.347. The topological polar surface area (TPSA) is 64.9 Å². The molecule has 2 heterocycles. The molecule has 1 aromatic carbocycles. The highest BCUT2D eigenvalue weighted by molar-refractivity contribution is 7.99. The maximum absolute atomic E-state index is 6.10. The fourth-order valence-electron chi connectivity index (χ4n) is 3.19. The lowest BCUT2D eigenvalue weighted by Crippen LogP contribution is -2.26. The van der Waals surface area contributed by atoms with Gasteiger partial charge in [-0.3, -0.25) is 0 Å². The Balaban J connectivity index is 1.63. The van der Waals surface area contributed by atoms with Crippen molar-refractivity contribution in [2.75, 3.05) is 11.5 Å². The summed E-state index contributed by atoms with van der Waals surface area (Å²) in [5.74, 6) is 4.03. The van der Waals surface area contributed by atoms with Crippen LogP contribution >= 0.6 is 11.8 Å². The largest absolute Gasteiger partial charge is 0.339 e. The van der Waals surface area contributed by atoms with E-state index < -0.39 is 0 Å². The minimum Gasteiger partial charge on any atom is -0.339 e. The molecule has 2 aliphatic rings. The van der Waals surface area contributed by atoms with Crippen LogP contribution in [0.2, 0.25) is 0 Å². The zero-order valence-corrected chi connectivity index (χ0v) is 12.0. The van der Waals surface area contributed by atoms with Gasteiger partial charge in [-0.2, -0.15) is 16.7 Å². The van der Waals surface area contributed by atoms with Crippen molar-refractivity contribution in [3.63, 3.8) is 0 Å². The van der Waals surface area contributed by atoms with Gasteiger partial charge in [0.05, 0.1) is 5.92 Å². The summed E-state index contributed by atoms with van der Waals surface area (Å²) in [5, 5.41) is 4.23. The molecule has 2 aromatic rings. The Kier molecular flexibility index (Phi) is 3.04. The van der Waals surface area contributed by atoms with Gasteiger partial charge in [0.25, 0.3) is 0 Å². The summed E-state index contributed by atoms with van der Waals surface area (Å²) in [5.41, 5.74) is 8.87. The Labute approximate surface area is 122 Å². The molecule has 4 nitrogen and oxygen atoms in total. The zero-order chi connectivity index (χ0) is 13.5. The van der Waals surface area contributed by atoms with Crippen LogP contribution in [0.3, 0.4) is 0 Å². The van der Waals surface area contributed by atoms with Crippen molar-refractivity contribution in [1.82, 2.24) is 10.1 Å². The Morgan fingerprint density at radius 3 is 3.00 bits per heavy atom. The molecule has 2 N–H and O–H groups in total. The number of aromatic nitrogens is 2. The number of nitrogens with zero attached hydrogens (tertiary/aromatic N) is 2. The monoisotopic (exact) mass is 287 g/mol. The van der Waals surface area contributed by atoms with Crippen molar-refractivity contribution in [2.45, 2.75) is 30.7 Å². The lowest BCUT2D eigenvalue weighted by atomic mass is 10.0. The van der Waals surface area contributed by atoms with Crippen molar-refractivity contribution in [3.8, 4) is 0 Å². The third kappa shape index (κ3) is 1.96. The number of hydrogen-bond donors (Lipinski definition) is 1. The van der Waals surface area contributed by atoms with Gasteiger partial charge < -0.3 is 10.3 Å². The summed E-state index contributed by atoms with van der Waals surface area (Å²) < 4.78 is 5.49. The highest BCUT2D eigenvalue weighted by Crippen LogP contribution is 2.38. The van der Waals surface area contributed by atoms with Crippen molar-refractivity contribution in [3.05, 3.63) is 47.1 Å². The van der Waals surface area contributed by atoms with Gasteiger partial charge in [0.1, 0.15) is 0 Å². The number of fused-ring (bicyclic) bond motifs is 1. The molecule has 104 valence electrons. The van der Waals surface area contributed by atoms with Crippen molar-refractivity contribution in [1.29, 1.82) is 0 Å². The maximum Gasteiger partial charge on any atom is 0.232 e. The highest BCUT2D eigenvalue weighted by atomic mass is 32.2. The van der Waals surface area contributed by atoms with E-state index in [2.05, 4.69) is 34.4 Å². The van der Waals surface area contributed by atoms with Crippen LogP contribution < -0.4 is 5.73 Å². The Morgan fingerprint density at radius 1 is 1.25 bits per heavy atom. The fourth-order valence-corrected chi connectivity index (χ4v) is 4.47. The van der Waals surface area contributed by atoms with Crippen LogP contribution in [0.1, 0.15) is 41.1 Å². The third-order valence-corrected chi connectivity index (χ3v) is 5.56. The summed E-state index contributed by atoms with van der Waals surface area (Å²) >= 11 is 1.86. The predicted octanol–water partition coefficient (Wildman–Crippen LogP) is 2.31. The molecule has 1 aliphatic heterocycles. The molecule has 20 heavy (non-hydrogen) atoms. The van der Waals surface area contributed by atoms with Crippen LogP contribution in [-0.4, -0.2) is 27.7 Å². The zero-order valence-electron chi connectivity index (χ0n) is 11.2. The molecule has 0 amide bonds.